The summed E-state index contributed by atoms with van der Waals surface area (Å²) in [6, 6.07) is 4.38. The summed E-state index contributed by atoms with van der Waals surface area (Å²) < 4.78 is 11.7. The van der Waals surface area contributed by atoms with E-state index in [9.17, 15) is 4.79 Å². The van der Waals surface area contributed by atoms with Crippen LogP contribution in [0.1, 0.15) is 50.7 Å². The third-order valence-electron chi connectivity index (χ3n) is 4.89. The second kappa shape index (κ2) is 7.35. The molecule has 0 radical (unpaired) electrons. The van der Waals surface area contributed by atoms with E-state index in [1.165, 1.54) is 24.6 Å². The van der Waals surface area contributed by atoms with Crippen molar-refractivity contribution in [2.75, 3.05) is 6.61 Å². The Morgan fingerprint density at radius 1 is 1.38 bits per heavy atom. The highest BCUT2D eigenvalue weighted by molar-refractivity contribution is 8.18. The molecule has 1 amide bonds. The number of nitrogens with one attached hydrogen (secondary N) is 1. The summed E-state index contributed by atoms with van der Waals surface area (Å²) in [5.74, 6) is 1.59. The van der Waals surface area contributed by atoms with Crippen molar-refractivity contribution in [2.24, 2.45) is 4.99 Å². The normalized spacial score (nSPS) is 25.6. The number of amidine groups is 1. The van der Waals surface area contributed by atoms with Gasteiger partial charge in [-0.2, -0.15) is 0 Å². The maximum atomic E-state index is 12.4. The lowest BCUT2D eigenvalue weighted by Crippen LogP contribution is -2.21. The molecule has 1 aliphatic carbocycles. The van der Waals surface area contributed by atoms with Gasteiger partial charge in [-0.05, 0) is 56.7 Å². The highest BCUT2D eigenvalue weighted by atomic mass is 32.2. The Balaban J connectivity index is 1.61. The van der Waals surface area contributed by atoms with Crippen LogP contribution in [0.15, 0.2) is 22.0 Å². The van der Waals surface area contributed by atoms with Crippen molar-refractivity contribution in [3.05, 3.63) is 28.2 Å². The smallest absolute Gasteiger partial charge is 0.264 e. The van der Waals surface area contributed by atoms with Crippen LogP contribution in [0, 0.1) is 0 Å². The third kappa shape index (κ3) is 3.61. The first-order chi connectivity index (χ1) is 12.6. The zero-order valence-electron chi connectivity index (χ0n) is 15.2. The van der Waals surface area contributed by atoms with Crippen LogP contribution in [0.5, 0.6) is 11.5 Å². The minimum absolute atomic E-state index is 0.0935. The Hall–Kier alpha value is -1.95. The van der Waals surface area contributed by atoms with Gasteiger partial charge in [-0.15, -0.1) is 0 Å². The number of amides is 1. The summed E-state index contributed by atoms with van der Waals surface area (Å²) in [6.45, 7) is 4.61. The Morgan fingerprint density at radius 3 is 2.96 bits per heavy atom. The third-order valence-corrected chi connectivity index (χ3v) is 5.81. The molecule has 1 saturated carbocycles. The molecule has 4 rings (SSSR count). The van der Waals surface area contributed by atoms with Gasteiger partial charge in [-0.25, -0.2) is 0 Å². The molecule has 2 aliphatic heterocycles. The number of aliphatic imine (C=N–C) groups is 1. The summed E-state index contributed by atoms with van der Waals surface area (Å²) >= 11 is 1.42. The van der Waals surface area contributed by atoms with Gasteiger partial charge in [0, 0.05) is 17.5 Å². The van der Waals surface area contributed by atoms with E-state index in [1.807, 2.05) is 25.1 Å². The van der Waals surface area contributed by atoms with Crippen LogP contribution in [0.4, 0.5) is 0 Å². The SMILES string of the molecule is CCOc1cc2c(cc1/C=C1\SC(=NC3CCCC3)NC1=O)O[C@@H](C)C2. The first-order valence-corrected chi connectivity index (χ1v) is 10.2. The quantitative estimate of drug-likeness (QED) is 0.814. The molecule has 0 aromatic heterocycles. The van der Waals surface area contributed by atoms with Gasteiger partial charge in [0.05, 0.1) is 17.6 Å². The minimum atomic E-state index is -0.0935. The summed E-state index contributed by atoms with van der Waals surface area (Å²) in [6.07, 6.45) is 7.65. The van der Waals surface area contributed by atoms with E-state index in [4.69, 9.17) is 14.5 Å². The van der Waals surface area contributed by atoms with Crippen LogP contribution in [0.2, 0.25) is 0 Å². The first kappa shape index (κ1) is 17.5. The molecule has 26 heavy (non-hydrogen) atoms. The molecule has 1 aromatic rings. The predicted molar refractivity (Wildman–Crippen MR) is 105 cm³/mol. The molecule has 2 heterocycles. The average molecular weight is 372 g/mol. The maximum absolute atomic E-state index is 12.4. The van der Waals surface area contributed by atoms with Gasteiger partial charge in [-0.3, -0.25) is 9.79 Å². The molecule has 6 heteroatoms. The molecule has 2 fully saturated rings. The predicted octanol–water partition coefficient (Wildman–Crippen LogP) is 3.91. The van der Waals surface area contributed by atoms with Gasteiger partial charge in [0.15, 0.2) is 5.17 Å². The fourth-order valence-electron chi connectivity index (χ4n) is 3.68. The van der Waals surface area contributed by atoms with E-state index in [0.29, 0.717) is 17.6 Å². The second-order valence-corrected chi connectivity index (χ2v) is 8.03. The van der Waals surface area contributed by atoms with Crippen molar-refractivity contribution in [3.8, 4) is 11.5 Å². The Morgan fingerprint density at radius 2 is 2.19 bits per heavy atom. The number of benzene rings is 1. The molecular formula is C20H24N2O3S. The standard InChI is InChI=1S/C20H24N2O3S/c1-3-24-16-9-13-8-12(2)25-17(13)10-14(16)11-18-19(23)22-20(26-18)21-15-6-4-5-7-15/h9-12,15H,3-8H2,1-2H3,(H,21,22,23)/b18-11-/t12-/m0/s1. The molecule has 1 saturated heterocycles. The van der Waals surface area contributed by atoms with Crippen molar-refractivity contribution in [3.63, 3.8) is 0 Å². The van der Waals surface area contributed by atoms with Crippen molar-refractivity contribution < 1.29 is 14.3 Å². The lowest BCUT2D eigenvalue weighted by Gasteiger charge is -2.10. The molecule has 0 spiro atoms. The minimum Gasteiger partial charge on any atom is -0.493 e. The average Bonchev–Trinajstić information content (AvgIpc) is 3.30. The Bertz CT molecular complexity index is 782. The van der Waals surface area contributed by atoms with Crippen LogP contribution in [0.25, 0.3) is 6.08 Å². The van der Waals surface area contributed by atoms with Gasteiger partial charge < -0.3 is 14.8 Å². The van der Waals surface area contributed by atoms with Crippen LogP contribution in [0.3, 0.4) is 0 Å². The fraction of sp³-hybridized carbons (Fsp3) is 0.500. The second-order valence-electron chi connectivity index (χ2n) is 7.00. The maximum Gasteiger partial charge on any atom is 0.264 e. The van der Waals surface area contributed by atoms with E-state index in [0.717, 1.165) is 47.1 Å². The molecule has 0 unspecified atom stereocenters. The number of rotatable bonds is 4. The molecule has 3 aliphatic rings. The molecular weight excluding hydrogens is 348 g/mol. The Kier molecular flexibility index (Phi) is 4.94. The largest absolute Gasteiger partial charge is 0.493 e. The van der Waals surface area contributed by atoms with Crippen molar-refractivity contribution in [2.45, 2.75) is 58.1 Å². The number of fused-ring (bicyclic) bond motifs is 1. The molecule has 5 nitrogen and oxygen atoms in total. The summed E-state index contributed by atoms with van der Waals surface area (Å²) in [4.78, 5) is 17.7. The van der Waals surface area contributed by atoms with Gasteiger partial charge in [0.25, 0.3) is 5.91 Å². The van der Waals surface area contributed by atoms with E-state index >= 15 is 0 Å². The summed E-state index contributed by atoms with van der Waals surface area (Å²) in [5, 5.41) is 3.62. The lowest BCUT2D eigenvalue weighted by molar-refractivity contribution is -0.115. The zero-order valence-corrected chi connectivity index (χ0v) is 16.0. The van der Waals surface area contributed by atoms with E-state index in [2.05, 4.69) is 12.2 Å². The van der Waals surface area contributed by atoms with Crippen molar-refractivity contribution >= 4 is 28.9 Å². The zero-order chi connectivity index (χ0) is 18.1. The molecule has 1 atom stereocenters. The number of thioether (sulfide) groups is 1. The summed E-state index contributed by atoms with van der Waals surface area (Å²) in [7, 11) is 0. The molecule has 138 valence electrons. The highest BCUT2D eigenvalue weighted by Crippen LogP contribution is 2.38. The van der Waals surface area contributed by atoms with Crippen LogP contribution in [-0.4, -0.2) is 29.8 Å². The number of carbonyl (C=O) groups excluding carboxylic acids is 1. The van der Waals surface area contributed by atoms with Gasteiger partial charge >= 0.3 is 0 Å². The van der Waals surface area contributed by atoms with Gasteiger partial charge in [0.1, 0.15) is 17.6 Å². The highest BCUT2D eigenvalue weighted by Gasteiger charge is 2.27. The molecule has 0 bridgehead atoms. The number of hydrogen-bond acceptors (Lipinski definition) is 5. The number of carbonyl (C=O) groups is 1. The molecule has 1 aromatic carbocycles. The Labute approximate surface area is 158 Å². The van der Waals surface area contributed by atoms with Gasteiger partial charge in [0.2, 0.25) is 0 Å². The van der Waals surface area contributed by atoms with Crippen molar-refractivity contribution in [1.82, 2.24) is 5.32 Å². The van der Waals surface area contributed by atoms with Crippen molar-refractivity contribution in [1.29, 1.82) is 0 Å². The number of hydrogen-bond donors (Lipinski definition) is 1. The van der Waals surface area contributed by atoms with E-state index in [1.54, 1.807) is 0 Å². The van der Waals surface area contributed by atoms with Gasteiger partial charge in [-0.1, -0.05) is 12.8 Å². The van der Waals surface area contributed by atoms with Crippen LogP contribution >= 0.6 is 11.8 Å². The number of ether oxygens (including phenoxy) is 2. The topological polar surface area (TPSA) is 59.9 Å². The lowest BCUT2D eigenvalue weighted by atomic mass is 10.1. The van der Waals surface area contributed by atoms with E-state index < -0.39 is 0 Å². The number of nitrogens with zero attached hydrogens (tertiary/aromatic N) is 1. The van der Waals surface area contributed by atoms with E-state index in [-0.39, 0.29) is 12.0 Å². The molecule has 1 N–H and O–H groups in total. The monoisotopic (exact) mass is 372 g/mol. The van der Waals surface area contributed by atoms with Crippen LogP contribution in [-0.2, 0) is 11.2 Å². The first-order valence-electron chi connectivity index (χ1n) is 9.37. The summed E-state index contributed by atoms with van der Waals surface area (Å²) in [5.41, 5.74) is 2.04. The van der Waals surface area contributed by atoms with Crippen LogP contribution < -0.4 is 14.8 Å². The fourth-order valence-corrected chi connectivity index (χ4v) is 4.56.